The number of allylic oxidation sites excluding steroid dienone is 2. The molecule has 0 saturated carbocycles. The van der Waals surface area contributed by atoms with Crippen molar-refractivity contribution in [2.45, 2.75) is 9.76 Å². The van der Waals surface area contributed by atoms with Gasteiger partial charge in [0.1, 0.15) is 5.25 Å². The number of methoxy groups -OCH3 is 1. The molecular weight excluding hydrogens is 279 g/mol. The third-order valence-electron chi connectivity index (χ3n) is 1.72. The second-order valence-electron chi connectivity index (χ2n) is 2.54. The van der Waals surface area contributed by atoms with Crippen molar-refractivity contribution in [1.29, 1.82) is 0 Å². The van der Waals surface area contributed by atoms with E-state index < -0.39 is 18.8 Å². The van der Waals surface area contributed by atoms with Crippen LogP contribution in [0.2, 0.25) is 0 Å². The van der Waals surface area contributed by atoms with Crippen LogP contribution in [0.25, 0.3) is 0 Å². The van der Waals surface area contributed by atoms with E-state index in [2.05, 4.69) is 15.9 Å². The molecule has 0 amide bonds. The van der Waals surface area contributed by atoms with Crippen molar-refractivity contribution in [2.24, 2.45) is 0 Å². The third kappa shape index (κ3) is 2.34. The normalized spacial score (nSPS) is 33.6. The fourth-order valence-electron chi connectivity index (χ4n) is 1.05. The van der Waals surface area contributed by atoms with Gasteiger partial charge >= 0.3 is 0 Å². The SMILES string of the molecule is COC1(Br)C=CC=CC1S(=O)(=O)Cl. The Morgan fingerprint density at radius 2 is 2.15 bits per heavy atom. The molecule has 0 N–H and O–H groups in total. The van der Waals surface area contributed by atoms with Gasteiger partial charge < -0.3 is 4.74 Å². The zero-order valence-electron chi connectivity index (χ0n) is 6.78. The summed E-state index contributed by atoms with van der Waals surface area (Å²) >= 11 is 3.17. The maximum Gasteiger partial charge on any atom is 0.243 e. The Kier molecular flexibility index (Phi) is 3.22. The monoisotopic (exact) mass is 286 g/mol. The summed E-state index contributed by atoms with van der Waals surface area (Å²) < 4.78 is 26.2. The molecule has 0 aromatic carbocycles. The van der Waals surface area contributed by atoms with Crippen molar-refractivity contribution in [3.05, 3.63) is 24.3 Å². The predicted molar refractivity (Wildman–Crippen MR) is 55.5 cm³/mol. The van der Waals surface area contributed by atoms with Gasteiger partial charge in [0.25, 0.3) is 0 Å². The van der Waals surface area contributed by atoms with Gasteiger partial charge in [0.2, 0.25) is 9.05 Å². The average Bonchev–Trinajstić information content (AvgIpc) is 2.03. The molecule has 1 aliphatic carbocycles. The van der Waals surface area contributed by atoms with Gasteiger partial charge in [-0.25, -0.2) is 8.42 Å². The number of ether oxygens (including phenoxy) is 1. The van der Waals surface area contributed by atoms with Crippen LogP contribution < -0.4 is 0 Å². The van der Waals surface area contributed by atoms with Crippen molar-refractivity contribution in [1.82, 2.24) is 0 Å². The van der Waals surface area contributed by atoms with E-state index in [1.165, 1.54) is 13.2 Å². The highest BCUT2D eigenvalue weighted by Crippen LogP contribution is 2.34. The lowest BCUT2D eigenvalue weighted by atomic mass is 10.1. The van der Waals surface area contributed by atoms with Crippen molar-refractivity contribution in [2.75, 3.05) is 7.11 Å². The number of alkyl halides is 1. The molecule has 2 unspecified atom stereocenters. The van der Waals surface area contributed by atoms with E-state index >= 15 is 0 Å². The van der Waals surface area contributed by atoms with Crippen LogP contribution in [0, 0.1) is 0 Å². The number of rotatable bonds is 2. The van der Waals surface area contributed by atoms with Crippen LogP contribution in [-0.2, 0) is 13.8 Å². The Morgan fingerprint density at radius 1 is 1.54 bits per heavy atom. The average molecular weight is 288 g/mol. The largest absolute Gasteiger partial charge is 0.361 e. The summed E-state index contributed by atoms with van der Waals surface area (Å²) in [5.41, 5.74) is 0. The zero-order chi connectivity index (χ0) is 10.1. The molecule has 0 heterocycles. The molecule has 2 atom stereocenters. The molecule has 3 nitrogen and oxygen atoms in total. The first-order chi connectivity index (χ1) is 5.90. The summed E-state index contributed by atoms with van der Waals surface area (Å²) in [4.78, 5) is 0. The van der Waals surface area contributed by atoms with Gasteiger partial charge in [-0.05, 0) is 22.0 Å². The smallest absolute Gasteiger partial charge is 0.243 e. The minimum absolute atomic E-state index is 0.906. The minimum atomic E-state index is -3.68. The Balaban J connectivity index is 3.10. The highest BCUT2D eigenvalue weighted by atomic mass is 79.9. The summed E-state index contributed by atoms with van der Waals surface area (Å²) in [7, 11) is 2.98. The number of halogens is 2. The Morgan fingerprint density at radius 3 is 2.54 bits per heavy atom. The topological polar surface area (TPSA) is 43.4 Å². The van der Waals surface area contributed by atoms with Gasteiger partial charge in [-0.1, -0.05) is 18.2 Å². The van der Waals surface area contributed by atoms with Gasteiger partial charge in [0.15, 0.2) is 4.51 Å². The standard InChI is InChI=1S/C7H8BrClO3S/c1-12-7(8)5-3-2-4-6(7)13(9,10)11/h2-6H,1H3. The summed E-state index contributed by atoms with van der Waals surface area (Å²) in [6.07, 6.45) is 6.37. The molecule has 0 aromatic rings. The zero-order valence-corrected chi connectivity index (χ0v) is 9.93. The maximum absolute atomic E-state index is 11.1. The summed E-state index contributed by atoms with van der Waals surface area (Å²) in [5, 5.41) is -0.906. The molecule has 6 heteroatoms. The predicted octanol–water partition coefficient (Wildman–Crippen LogP) is 1.79. The number of hydrogen-bond acceptors (Lipinski definition) is 3. The molecule has 0 aromatic heterocycles. The molecular formula is C7H8BrClO3S. The van der Waals surface area contributed by atoms with Crippen molar-refractivity contribution >= 4 is 35.7 Å². The first kappa shape index (κ1) is 11.2. The van der Waals surface area contributed by atoms with E-state index in [9.17, 15) is 8.42 Å². The van der Waals surface area contributed by atoms with Crippen molar-refractivity contribution in [3.8, 4) is 0 Å². The lowest BCUT2D eigenvalue weighted by Gasteiger charge is -2.29. The Bertz CT molecular complexity index is 349. The lowest BCUT2D eigenvalue weighted by molar-refractivity contribution is 0.122. The van der Waals surface area contributed by atoms with Crippen molar-refractivity contribution in [3.63, 3.8) is 0 Å². The highest BCUT2D eigenvalue weighted by Gasteiger charge is 2.41. The molecule has 0 saturated heterocycles. The molecule has 0 bridgehead atoms. The van der Waals surface area contributed by atoms with Gasteiger partial charge in [-0.3, -0.25) is 0 Å². The van der Waals surface area contributed by atoms with Gasteiger partial charge in [0, 0.05) is 17.8 Å². The fourth-order valence-corrected chi connectivity index (χ4v) is 3.83. The quantitative estimate of drug-likeness (QED) is 0.574. The first-order valence-electron chi connectivity index (χ1n) is 3.44. The first-order valence-corrected chi connectivity index (χ1v) is 6.60. The molecule has 0 aliphatic heterocycles. The van der Waals surface area contributed by atoms with Crippen LogP contribution in [0.4, 0.5) is 0 Å². The van der Waals surface area contributed by atoms with E-state index in [0.717, 1.165) is 0 Å². The summed E-state index contributed by atoms with van der Waals surface area (Å²) in [6, 6.07) is 0. The Labute approximate surface area is 90.0 Å². The lowest BCUT2D eigenvalue weighted by Crippen LogP contribution is -2.39. The van der Waals surface area contributed by atoms with Crippen LogP contribution in [0.1, 0.15) is 0 Å². The summed E-state index contributed by atoms with van der Waals surface area (Å²) in [5.74, 6) is 0. The molecule has 1 aliphatic rings. The Hall–Kier alpha value is 0.160. The van der Waals surface area contributed by atoms with Crippen LogP contribution in [-0.4, -0.2) is 25.3 Å². The molecule has 1 rings (SSSR count). The molecule has 0 spiro atoms. The minimum Gasteiger partial charge on any atom is -0.361 e. The maximum atomic E-state index is 11.1. The third-order valence-corrected chi connectivity index (χ3v) is 4.80. The molecule has 0 fully saturated rings. The number of hydrogen-bond donors (Lipinski definition) is 0. The van der Waals surface area contributed by atoms with Crippen molar-refractivity contribution < 1.29 is 13.2 Å². The van der Waals surface area contributed by atoms with Gasteiger partial charge in [0.05, 0.1) is 0 Å². The van der Waals surface area contributed by atoms with Crippen LogP contribution in [0.3, 0.4) is 0 Å². The van der Waals surface area contributed by atoms with E-state index in [0.29, 0.717) is 0 Å². The van der Waals surface area contributed by atoms with Crippen LogP contribution in [0.5, 0.6) is 0 Å². The van der Waals surface area contributed by atoms with Crippen LogP contribution >= 0.6 is 26.6 Å². The van der Waals surface area contributed by atoms with E-state index in [-0.39, 0.29) is 0 Å². The summed E-state index contributed by atoms with van der Waals surface area (Å²) in [6.45, 7) is 0. The van der Waals surface area contributed by atoms with E-state index in [4.69, 9.17) is 15.4 Å². The second kappa shape index (κ2) is 3.73. The van der Waals surface area contributed by atoms with Gasteiger partial charge in [-0.15, -0.1) is 0 Å². The second-order valence-corrected chi connectivity index (χ2v) is 6.53. The highest BCUT2D eigenvalue weighted by molar-refractivity contribution is 9.10. The van der Waals surface area contributed by atoms with Crippen LogP contribution in [0.15, 0.2) is 24.3 Å². The van der Waals surface area contributed by atoms with Gasteiger partial charge in [-0.2, -0.15) is 0 Å². The van der Waals surface area contributed by atoms with E-state index in [1.807, 2.05) is 0 Å². The molecule has 0 radical (unpaired) electrons. The molecule has 13 heavy (non-hydrogen) atoms. The van der Waals surface area contributed by atoms with E-state index in [1.54, 1.807) is 18.2 Å². The molecule has 74 valence electrons. The fraction of sp³-hybridized carbons (Fsp3) is 0.429.